The number of carbonyl (C=O) groups excluding carboxylic acids is 1. The van der Waals surface area contributed by atoms with Gasteiger partial charge in [0, 0.05) is 12.6 Å². The molecule has 0 aliphatic heterocycles. The van der Waals surface area contributed by atoms with Gasteiger partial charge in [-0.25, -0.2) is 4.79 Å². The summed E-state index contributed by atoms with van der Waals surface area (Å²) in [4.78, 5) is 11.7. The minimum atomic E-state index is -0.468. The number of unbranched alkanes of at least 4 members (excludes halogenated alkanes) is 1. The van der Waals surface area contributed by atoms with E-state index in [9.17, 15) is 4.79 Å². The summed E-state index contributed by atoms with van der Waals surface area (Å²) in [6.45, 7) is 8.95. The van der Waals surface area contributed by atoms with E-state index in [1.54, 1.807) is 6.26 Å². The Morgan fingerprint density at radius 2 is 2.19 bits per heavy atom. The third kappa shape index (κ3) is 8.40. The average Bonchev–Trinajstić information content (AvgIpc) is 2.89. The fourth-order valence-electron chi connectivity index (χ4n) is 1.91. The minimum Gasteiger partial charge on any atom is -0.468 e. The van der Waals surface area contributed by atoms with Gasteiger partial charge >= 0.3 is 6.09 Å². The maximum Gasteiger partial charge on any atom is 0.407 e. The summed E-state index contributed by atoms with van der Waals surface area (Å²) in [7, 11) is 0. The highest BCUT2D eigenvalue weighted by molar-refractivity contribution is 5.67. The monoisotopic (exact) mass is 296 g/mol. The molecule has 0 saturated carbocycles. The SMILES string of the molecule is CCCCC(CNC(=O)OC(C)(C)C)NCc1ccco1. The maximum absolute atomic E-state index is 11.7. The summed E-state index contributed by atoms with van der Waals surface area (Å²) in [6, 6.07) is 4.02. The number of nitrogens with one attached hydrogen (secondary N) is 2. The standard InChI is InChI=1S/C16H28N2O3/c1-5-6-8-13(17-12-14-9-7-10-20-14)11-18-15(19)21-16(2,3)4/h7,9-10,13,17H,5-6,8,11-12H2,1-4H3,(H,18,19). The van der Waals surface area contributed by atoms with Crippen LogP contribution in [0, 0.1) is 0 Å². The van der Waals surface area contributed by atoms with Gasteiger partial charge < -0.3 is 19.8 Å². The lowest BCUT2D eigenvalue weighted by molar-refractivity contribution is 0.0521. The average molecular weight is 296 g/mol. The molecule has 1 amide bonds. The molecule has 1 aromatic rings. The molecule has 1 atom stereocenters. The van der Waals surface area contributed by atoms with Gasteiger partial charge in [-0.1, -0.05) is 19.8 Å². The molecular weight excluding hydrogens is 268 g/mol. The summed E-state index contributed by atoms with van der Waals surface area (Å²) in [5.74, 6) is 0.897. The molecule has 120 valence electrons. The molecule has 0 aromatic carbocycles. The smallest absolute Gasteiger partial charge is 0.407 e. The van der Waals surface area contributed by atoms with Gasteiger partial charge in [0.15, 0.2) is 0 Å². The normalized spacial score (nSPS) is 13.0. The Balaban J connectivity index is 2.36. The molecule has 1 unspecified atom stereocenters. The molecule has 1 heterocycles. The van der Waals surface area contributed by atoms with Crippen molar-refractivity contribution in [3.8, 4) is 0 Å². The lowest BCUT2D eigenvalue weighted by atomic mass is 10.1. The first-order valence-electron chi connectivity index (χ1n) is 7.63. The van der Waals surface area contributed by atoms with Crippen molar-refractivity contribution < 1.29 is 13.9 Å². The van der Waals surface area contributed by atoms with Crippen LogP contribution in [0.4, 0.5) is 4.79 Å². The highest BCUT2D eigenvalue weighted by Gasteiger charge is 2.17. The van der Waals surface area contributed by atoms with Gasteiger partial charge in [-0.2, -0.15) is 0 Å². The molecule has 0 radical (unpaired) electrons. The quantitative estimate of drug-likeness (QED) is 0.771. The van der Waals surface area contributed by atoms with Gasteiger partial charge in [0.2, 0.25) is 0 Å². The van der Waals surface area contributed by atoms with Crippen molar-refractivity contribution in [1.29, 1.82) is 0 Å². The van der Waals surface area contributed by atoms with Crippen molar-refractivity contribution in [1.82, 2.24) is 10.6 Å². The highest BCUT2D eigenvalue weighted by Crippen LogP contribution is 2.07. The second-order valence-corrected chi connectivity index (χ2v) is 6.18. The fourth-order valence-corrected chi connectivity index (χ4v) is 1.91. The molecule has 21 heavy (non-hydrogen) atoms. The van der Waals surface area contributed by atoms with Gasteiger partial charge in [0.1, 0.15) is 11.4 Å². The Labute approximate surface area is 127 Å². The number of ether oxygens (including phenoxy) is 1. The lowest BCUT2D eigenvalue weighted by Crippen LogP contribution is -2.42. The summed E-state index contributed by atoms with van der Waals surface area (Å²) in [5, 5.41) is 6.24. The Morgan fingerprint density at radius 1 is 1.43 bits per heavy atom. The summed E-state index contributed by atoms with van der Waals surface area (Å²) < 4.78 is 10.6. The number of rotatable bonds is 8. The van der Waals surface area contributed by atoms with E-state index in [0.29, 0.717) is 13.1 Å². The van der Waals surface area contributed by atoms with Crippen LogP contribution >= 0.6 is 0 Å². The maximum atomic E-state index is 11.7. The largest absolute Gasteiger partial charge is 0.468 e. The zero-order chi connectivity index (χ0) is 15.7. The van der Waals surface area contributed by atoms with E-state index in [0.717, 1.165) is 25.0 Å². The van der Waals surface area contributed by atoms with Crippen LogP contribution in [0.25, 0.3) is 0 Å². The van der Waals surface area contributed by atoms with Crippen LogP contribution in [0.5, 0.6) is 0 Å². The van der Waals surface area contributed by atoms with Gasteiger partial charge in [0.25, 0.3) is 0 Å². The molecular formula is C16H28N2O3. The van der Waals surface area contributed by atoms with Crippen LogP contribution in [-0.4, -0.2) is 24.3 Å². The first-order valence-corrected chi connectivity index (χ1v) is 7.63. The Morgan fingerprint density at radius 3 is 2.76 bits per heavy atom. The van der Waals surface area contributed by atoms with Crippen molar-refractivity contribution in [2.45, 2.75) is 65.1 Å². The predicted octanol–water partition coefficient (Wildman–Crippen LogP) is 3.45. The first kappa shape index (κ1) is 17.6. The fraction of sp³-hybridized carbons (Fsp3) is 0.688. The Hall–Kier alpha value is -1.49. The second kappa shape index (κ2) is 8.72. The topological polar surface area (TPSA) is 63.5 Å². The van der Waals surface area contributed by atoms with Gasteiger partial charge in [-0.05, 0) is 39.3 Å². The van der Waals surface area contributed by atoms with Crippen LogP contribution in [0.15, 0.2) is 22.8 Å². The van der Waals surface area contributed by atoms with E-state index in [-0.39, 0.29) is 12.1 Å². The zero-order valence-corrected chi connectivity index (χ0v) is 13.6. The molecule has 1 aromatic heterocycles. The predicted molar refractivity (Wildman–Crippen MR) is 83.1 cm³/mol. The zero-order valence-electron chi connectivity index (χ0n) is 13.6. The molecule has 0 spiro atoms. The second-order valence-electron chi connectivity index (χ2n) is 6.18. The van der Waals surface area contributed by atoms with Crippen LogP contribution in [0.3, 0.4) is 0 Å². The number of carbonyl (C=O) groups is 1. The summed E-state index contributed by atoms with van der Waals surface area (Å²) >= 11 is 0. The Kier molecular flexibility index (Phi) is 7.29. The van der Waals surface area contributed by atoms with Gasteiger partial charge in [0.05, 0.1) is 12.8 Å². The molecule has 5 heteroatoms. The number of hydrogen-bond donors (Lipinski definition) is 2. The van der Waals surface area contributed by atoms with Crippen molar-refractivity contribution >= 4 is 6.09 Å². The molecule has 1 rings (SSSR count). The van der Waals surface area contributed by atoms with Gasteiger partial charge in [-0.15, -0.1) is 0 Å². The van der Waals surface area contributed by atoms with Crippen LogP contribution < -0.4 is 10.6 Å². The number of alkyl carbamates (subject to hydrolysis) is 1. The van der Waals surface area contributed by atoms with E-state index in [4.69, 9.17) is 9.15 Å². The summed E-state index contributed by atoms with van der Waals surface area (Å²) in [6.07, 6.45) is 4.55. The molecule has 0 aliphatic carbocycles. The Bertz CT molecular complexity index is 396. The van der Waals surface area contributed by atoms with E-state index in [2.05, 4.69) is 17.6 Å². The molecule has 0 saturated heterocycles. The van der Waals surface area contributed by atoms with Crippen molar-refractivity contribution in [2.75, 3.05) is 6.54 Å². The van der Waals surface area contributed by atoms with Crippen molar-refractivity contribution in [3.63, 3.8) is 0 Å². The van der Waals surface area contributed by atoms with Crippen LogP contribution in [0.1, 0.15) is 52.7 Å². The molecule has 5 nitrogen and oxygen atoms in total. The van der Waals surface area contributed by atoms with E-state index < -0.39 is 5.60 Å². The van der Waals surface area contributed by atoms with Crippen LogP contribution in [-0.2, 0) is 11.3 Å². The lowest BCUT2D eigenvalue weighted by Gasteiger charge is -2.22. The molecule has 0 fully saturated rings. The highest BCUT2D eigenvalue weighted by atomic mass is 16.6. The number of furan rings is 1. The number of amides is 1. The number of hydrogen-bond acceptors (Lipinski definition) is 4. The molecule has 2 N–H and O–H groups in total. The van der Waals surface area contributed by atoms with Crippen molar-refractivity contribution in [2.24, 2.45) is 0 Å². The van der Waals surface area contributed by atoms with Crippen LogP contribution in [0.2, 0.25) is 0 Å². The summed E-state index contributed by atoms with van der Waals surface area (Å²) in [5.41, 5.74) is -0.468. The van der Waals surface area contributed by atoms with E-state index in [1.807, 2.05) is 32.9 Å². The first-order chi connectivity index (χ1) is 9.90. The molecule has 0 aliphatic rings. The third-order valence-corrected chi connectivity index (χ3v) is 2.94. The van der Waals surface area contributed by atoms with Gasteiger partial charge in [-0.3, -0.25) is 0 Å². The third-order valence-electron chi connectivity index (χ3n) is 2.94. The minimum absolute atomic E-state index is 0.211. The van der Waals surface area contributed by atoms with E-state index >= 15 is 0 Å². The van der Waals surface area contributed by atoms with Crippen molar-refractivity contribution in [3.05, 3.63) is 24.2 Å². The molecule has 0 bridgehead atoms. The van der Waals surface area contributed by atoms with E-state index in [1.165, 1.54) is 0 Å².